The number of carbonyl (C=O) groups is 2. The number of carbonyl (C=O) groups excluding carboxylic acids is 1. The van der Waals surface area contributed by atoms with E-state index in [4.69, 9.17) is 5.11 Å². The summed E-state index contributed by atoms with van der Waals surface area (Å²) < 4.78 is 27.1. The number of halogens is 2. The molecule has 7 nitrogen and oxygen atoms in total. The molecule has 2 aliphatic rings. The Kier molecular flexibility index (Phi) is 9.62. The van der Waals surface area contributed by atoms with Gasteiger partial charge in [-0.2, -0.15) is 0 Å². The van der Waals surface area contributed by atoms with Crippen LogP contribution in [0.1, 0.15) is 24.0 Å². The quantitative estimate of drug-likeness (QED) is 0.514. The number of benzene rings is 2. The summed E-state index contributed by atoms with van der Waals surface area (Å²) in [6.45, 7) is 6.49. The number of amides is 2. The Balaban J connectivity index is 1.30. The van der Waals surface area contributed by atoms with Gasteiger partial charge in [-0.1, -0.05) is 35.9 Å². The van der Waals surface area contributed by atoms with Gasteiger partial charge in [-0.3, -0.25) is 14.6 Å². The van der Waals surface area contributed by atoms with Crippen LogP contribution in [0.15, 0.2) is 66.3 Å². The molecule has 0 aliphatic carbocycles. The van der Waals surface area contributed by atoms with Gasteiger partial charge in [0.2, 0.25) is 5.91 Å². The van der Waals surface area contributed by atoms with Gasteiger partial charge >= 0.3 is 6.09 Å². The highest BCUT2D eigenvalue weighted by Crippen LogP contribution is 2.32. The highest BCUT2D eigenvalue weighted by atomic mass is 19.1. The Morgan fingerprint density at radius 1 is 0.816 bits per heavy atom. The van der Waals surface area contributed by atoms with E-state index in [1.807, 2.05) is 11.0 Å². The maximum Gasteiger partial charge on any atom is 0.404 e. The molecule has 0 saturated carbocycles. The molecule has 2 N–H and O–H groups in total. The minimum atomic E-state index is -0.999. The molecule has 2 fully saturated rings. The standard InChI is InChI=1S/C29H34F2N4O3/c30-25-7-3-22(4-8-25)28(23-5-9-26(31)10-6-23)24-11-15-35(16-12-24)27(36)2-1-14-33-18-20-34(21-19-33)17-13-32-29(37)38/h1-10,32H,11-21H2,(H,37,38)/b2-1+. The molecule has 202 valence electrons. The lowest BCUT2D eigenvalue weighted by Crippen LogP contribution is -2.48. The molecule has 0 radical (unpaired) electrons. The molecule has 2 saturated heterocycles. The molecule has 2 aromatic rings. The van der Waals surface area contributed by atoms with Crippen molar-refractivity contribution in [3.63, 3.8) is 0 Å². The van der Waals surface area contributed by atoms with Crippen LogP contribution in [0, 0.1) is 11.6 Å². The zero-order valence-corrected chi connectivity index (χ0v) is 21.4. The van der Waals surface area contributed by atoms with Crippen molar-refractivity contribution in [2.45, 2.75) is 12.8 Å². The maximum atomic E-state index is 13.6. The lowest BCUT2D eigenvalue weighted by atomic mass is 9.88. The molecular formula is C29H34F2N4O3. The Labute approximate surface area is 222 Å². The summed E-state index contributed by atoms with van der Waals surface area (Å²) in [5.74, 6) is -0.619. The number of piperidine rings is 1. The lowest BCUT2D eigenvalue weighted by Gasteiger charge is -2.34. The number of carboxylic acid groups (broad SMARTS) is 1. The first-order chi connectivity index (χ1) is 18.4. The summed E-state index contributed by atoms with van der Waals surface area (Å²) in [7, 11) is 0. The highest BCUT2D eigenvalue weighted by Gasteiger charge is 2.22. The predicted octanol–water partition coefficient (Wildman–Crippen LogP) is 3.83. The molecule has 2 heterocycles. The topological polar surface area (TPSA) is 76.1 Å². The normalized spacial score (nSPS) is 17.1. The summed E-state index contributed by atoms with van der Waals surface area (Å²) >= 11 is 0. The Hall–Kier alpha value is -3.56. The predicted molar refractivity (Wildman–Crippen MR) is 143 cm³/mol. The van der Waals surface area contributed by atoms with Crippen molar-refractivity contribution in [3.8, 4) is 0 Å². The molecule has 9 heteroatoms. The van der Waals surface area contributed by atoms with Crippen LogP contribution in [0.2, 0.25) is 0 Å². The summed E-state index contributed by atoms with van der Waals surface area (Å²) in [6, 6.07) is 12.7. The molecule has 0 bridgehead atoms. The van der Waals surface area contributed by atoms with E-state index in [9.17, 15) is 18.4 Å². The maximum absolute atomic E-state index is 13.6. The third-order valence-electron chi connectivity index (χ3n) is 7.09. The van der Waals surface area contributed by atoms with Gasteiger partial charge in [-0.15, -0.1) is 0 Å². The van der Waals surface area contributed by atoms with E-state index in [1.54, 1.807) is 30.3 Å². The van der Waals surface area contributed by atoms with Crippen LogP contribution in [0.25, 0.3) is 5.57 Å². The zero-order valence-electron chi connectivity index (χ0n) is 21.4. The first-order valence-corrected chi connectivity index (χ1v) is 13.0. The number of hydrogen-bond acceptors (Lipinski definition) is 4. The number of nitrogens with one attached hydrogen (secondary N) is 1. The van der Waals surface area contributed by atoms with Crippen LogP contribution < -0.4 is 5.32 Å². The largest absolute Gasteiger partial charge is 0.465 e. The van der Waals surface area contributed by atoms with E-state index < -0.39 is 6.09 Å². The van der Waals surface area contributed by atoms with Crippen molar-refractivity contribution in [2.75, 3.05) is 58.9 Å². The second-order valence-corrected chi connectivity index (χ2v) is 9.59. The van der Waals surface area contributed by atoms with E-state index in [0.717, 1.165) is 42.9 Å². The van der Waals surface area contributed by atoms with Gasteiger partial charge in [0.25, 0.3) is 0 Å². The van der Waals surface area contributed by atoms with Crippen molar-refractivity contribution in [1.29, 1.82) is 0 Å². The summed E-state index contributed by atoms with van der Waals surface area (Å²) in [4.78, 5) is 29.7. The van der Waals surface area contributed by atoms with E-state index in [-0.39, 0.29) is 17.5 Å². The molecule has 2 aliphatic heterocycles. The van der Waals surface area contributed by atoms with Crippen LogP contribution in [0.3, 0.4) is 0 Å². The molecule has 0 aromatic heterocycles. The van der Waals surface area contributed by atoms with Crippen LogP contribution in [-0.4, -0.2) is 90.7 Å². The van der Waals surface area contributed by atoms with E-state index in [1.165, 1.54) is 29.8 Å². The van der Waals surface area contributed by atoms with Gasteiger partial charge in [0.1, 0.15) is 11.6 Å². The molecule has 4 rings (SSSR count). The van der Waals surface area contributed by atoms with E-state index in [0.29, 0.717) is 45.6 Å². The van der Waals surface area contributed by atoms with E-state index >= 15 is 0 Å². The highest BCUT2D eigenvalue weighted by molar-refractivity contribution is 5.88. The van der Waals surface area contributed by atoms with Gasteiger partial charge < -0.3 is 15.3 Å². The number of nitrogens with zero attached hydrogens (tertiary/aromatic N) is 3. The Morgan fingerprint density at radius 3 is 1.87 bits per heavy atom. The molecule has 0 unspecified atom stereocenters. The van der Waals surface area contributed by atoms with Gasteiger partial charge in [-0.25, -0.2) is 13.6 Å². The molecule has 2 amide bonds. The van der Waals surface area contributed by atoms with Crippen molar-refractivity contribution in [1.82, 2.24) is 20.0 Å². The molecule has 2 aromatic carbocycles. The minimum Gasteiger partial charge on any atom is -0.465 e. The fourth-order valence-corrected chi connectivity index (χ4v) is 4.98. The van der Waals surface area contributed by atoms with Gasteiger partial charge in [0.15, 0.2) is 0 Å². The van der Waals surface area contributed by atoms with E-state index in [2.05, 4.69) is 15.1 Å². The third kappa shape index (κ3) is 7.72. The first kappa shape index (κ1) is 27.5. The third-order valence-corrected chi connectivity index (χ3v) is 7.09. The minimum absolute atomic E-state index is 0.00690. The summed E-state index contributed by atoms with van der Waals surface area (Å²) in [5.41, 5.74) is 3.91. The van der Waals surface area contributed by atoms with Crippen LogP contribution in [0.4, 0.5) is 13.6 Å². The molecule has 0 spiro atoms. The smallest absolute Gasteiger partial charge is 0.404 e. The van der Waals surface area contributed by atoms with Crippen LogP contribution in [0.5, 0.6) is 0 Å². The van der Waals surface area contributed by atoms with Gasteiger partial charge in [-0.05, 0) is 53.8 Å². The fourth-order valence-electron chi connectivity index (χ4n) is 4.98. The number of piperazine rings is 1. The van der Waals surface area contributed by atoms with Crippen LogP contribution >= 0.6 is 0 Å². The Morgan fingerprint density at radius 2 is 1.34 bits per heavy atom. The van der Waals surface area contributed by atoms with Crippen molar-refractivity contribution in [3.05, 3.63) is 89.0 Å². The number of likely N-dealkylation sites (tertiary alicyclic amines) is 1. The van der Waals surface area contributed by atoms with Crippen LogP contribution in [-0.2, 0) is 4.79 Å². The first-order valence-electron chi connectivity index (χ1n) is 13.0. The van der Waals surface area contributed by atoms with Gasteiger partial charge in [0.05, 0.1) is 0 Å². The monoisotopic (exact) mass is 524 g/mol. The molecule has 38 heavy (non-hydrogen) atoms. The second-order valence-electron chi connectivity index (χ2n) is 9.59. The van der Waals surface area contributed by atoms with Crippen molar-refractivity contribution < 1.29 is 23.5 Å². The fraction of sp³-hybridized carbons (Fsp3) is 0.379. The lowest BCUT2D eigenvalue weighted by molar-refractivity contribution is -0.126. The summed E-state index contributed by atoms with van der Waals surface area (Å²) in [5, 5.41) is 11.1. The molecule has 0 atom stereocenters. The van der Waals surface area contributed by atoms with Gasteiger partial charge in [0, 0.05) is 65.0 Å². The average Bonchev–Trinajstić information content (AvgIpc) is 2.92. The SMILES string of the molecule is O=C(O)NCCN1CCN(C/C=C/C(=O)N2CCC(=C(c3ccc(F)cc3)c3ccc(F)cc3)CC2)CC1. The summed E-state index contributed by atoms with van der Waals surface area (Å²) in [6.07, 6.45) is 3.96. The van der Waals surface area contributed by atoms with Crippen molar-refractivity contribution in [2.24, 2.45) is 0 Å². The number of hydrogen-bond donors (Lipinski definition) is 2. The number of rotatable bonds is 8. The molecular weight excluding hydrogens is 490 g/mol. The second kappa shape index (κ2) is 13.3. The van der Waals surface area contributed by atoms with Crippen molar-refractivity contribution >= 4 is 17.6 Å². The Bertz CT molecular complexity index is 1100. The average molecular weight is 525 g/mol. The zero-order chi connectivity index (χ0) is 26.9.